The molecule has 1 aliphatic heterocycles. The van der Waals surface area contributed by atoms with E-state index in [0.717, 1.165) is 11.8 Å². The number of carbonyl (C=O) groups is 2. The minimum Gasteiger partial charge on any atom is -0.508 e. The summed E-state index contributed by atoms with van der Waals surface area (Å²) < 4.78 is 0.388. The maximum atomic E-state index is 12.0. The van der Waals surface area contributed by atoms with Crippen molar-refractivity contribution in [3.05, 3.63) is 34.7 Å². The molecule has 1 fully saturated rings. The Morgan fingerprint density at radius 1 is 1.47 bits per heavy atom. The van der Waals surface area contributed by atoms with Gasteiger partial charge >= 0.3 is 5.97 Å². The van der Waals surface area contributed by atoms with Gasteiger partial charge in [-0.25, -0.2) is 0 Å². The fourth-order valence-corrected chi connectivity index (χ4v) is 3.17. The molecule has 1 aliphatic rings. The number of rotatable bonds is 3. The number of phenolic OH excluding ortho intramolecular Hbond substituents is 1. The summed E-state index contributed by atoms with van der Waals surface area (Å²) in [5.74, 6) is -1.93. The van der Waals surface area contributed by atoms with E-state index in [0.29, 0.717) is 14.7 Å². The zero-order chi connectivity index (χ0) is 14.0. The van der Waals surface area contributed by atoms with Crippen LogP contribution >= 0.6 is 24.0 Å². The second-order valence-electron chi connectivity index (χ2n) is 4.04. The van der Waals surface area contributed by atoms with E-state index in [1.807, 2.05) is 0 Å². The van der Waals surface area contributed by atoms with Crippen molar-refractivity contribution in [2.24, 2.45) is 5.92 Å². The monoisotopic (exact) mass is 294 g/mol. The van der Waals surface area contributed by atoms with E-state index >= 15 is 0 Å². The summed E-state index contributed by atoms with van der Waals surface area (Å²) in [6.07, 6.45) is 1.34. The zero-order valence-electron chi connectivity index (χ0n) is 9.70. The lowest BCUT2D eigenvalue weighted by molar-refractivity contribution is -0.139. The number of carboxylic acids is 1. The van der Waals surface area contributed by atoms with Crippen LogP contribution in [-0.4, -0.2) is 26.2 Å². The first kappa shape index (κ1) is 13.8. The number of thioether (sulfide) groups is 1. The molecule has 0 saturated carbocycles. The van der Waals surface area contributed by atoms with Crippen molar-refractivity contribution >= 4 is 46.0 Å². The Hall–Kier alpha value is -1.66. The van der Waals surface area contributed by atoms with Gasteiger partial charge in [-0.15, -0.1) is 0 Å². The Morgan fingerprint density at radius 3 is 2.84 bits per heavy atom. The number of Topliss-reactive ketones (excluding diaryl/α,β-unsaturated/α-hetero) is 1. The fourth-order valence-electron chi connectivity index (χ4n) is 1.73. The smallest absolute Gasteiger partial charge is 0.304 e. The normalized spacial score (nSPS) is 21.1. The third kappa shape index (κ3) is 3.21. The van der Waals surface area contributed by atoms with Gasteiger partial charge in [-0.2, -0.15) is 0 Å². The molecule has 1 aromatic rings. The molecule has 2 N–H and O–H groups in total. The molecular formula is C13H10O4S2. The van der Waals surface area contributed by atoms with Crippen LogP contribution in [0.5, 0.6) is 5.75 Å². The van der Waals surface area contributed by atoms with E-state index in [-0.39, 0.29) is 18.0 Å². The molecule has 1 atom stereocenters. The summed E-state index contributed by atoms with van der Waals surface area (Å²) in [5, 5.41) is 18.1. The van der Waals surface area contributed by atoms with Gasteiger partial charge in [0.2, 0.25) is 0 Å². The molecule has 1 aromatic carbocycles. The molecule has 2 rings (SSSR count). The number of ketones is 1. The van der Waals surface area contributed by atoms with Crippen LogP contribution in [0.25, 0.3) is 6.08 Å². The number of carbonyl (C=O) groups excluding carboxylic acids is 1. The third-order valence-electron chi connectivity index (χ3n) is 2.60. The number of allylic oxidation sites excluding steroid dienone is 1. The van der Waals surface area contributed by atoms with Crippen molar-refractivity contribution in [3.8, 4) is 5.75 Å². The largest absolute Gasteiger partial charge is 0.508 e. The number of hydrogen-bond acceptors (Lipinski definition) is 5. The summed E-state index contributed by atoms with van der Waals surface area (Å²) in [5.41, 5.74) is 0.676. The van der Waals surface area contributed by atoms with E-state index in [2.05, 4.69) is 0 Å². The molecule has 1 unspecified atom stereocenters. The van der Waals surface area contributed by atoms with E-state index in [1.54, 1.807) is 18.2 Å². The van der Waals surface area contributed by atoms with Crippen LogP contribution in [0, 0.1) is 5.92 Å². The first-order valence-electron chi connectivity index (χ1n) is 5.46. The van der Waals surface area contributed by atoms with Crippen molar-refractivity contribution in [1.82, 2.24) is 0 Å². The van der Waals surface area contributed by atoms with Gasteiger partial charge in [-0.3, -0.25) is 9.59 Å². The van der Waals surface area contributed by atoms with Crippen LogP contribution in [0.15, 0.2) is 29.2 Å². The molecule has 0 bridgehead atoms. The van der Waals surface area contributed by atoms with Gasteiger partial charge in [0.05, 0.1) is 21.4 Å². The Morgan fingerprint density at radius 2 is 2.21 bits per heavy atom. The topological polar surface area (TPSA) is 74.6 Å². The van der Waals surface area contributed by atoms with Gasteiger partial charge in [0, 0.05) is 0 Å². The average Bonchev–Trinajstić information content (AvgIpc) is 2.57. The number of carboxylic acid groups (broad SMARTS) is 1. The van der Waals surface area contributed by atoms with Gasteiger partial charge in [-0.05, 0) is 23.8 Å². The Kier molecular flexibility index (Phi) is 4.01. The summed E-state index contributed by atoms with van der Waals surface area (Å²) >= 11 is 6.17. The predicted octanol–water partition coefficient (Wildman–Crippen LogP) is 2.47. The molecule has 0 radical (unpaired) electrons. The van der Waals surface area contributed by atoms with Gasteiger partial charge < -0.3 is 10.2 Å². The van der Waals surface area contributed by atoms with Crippen molar-refractivity contribution < 1.29 is 19.8 Å². The molecule has 6 heteroatoms. The van der Waals surface area contributed by atoms with Crippen molar-refractivity contribution in [2.45, 2.75) is 6.42 Å². The Labute approximate surface area is 119 Å². The second-order valence-corrected chi connectivity index (χ2v) is 5.82. The maximum Gasteiger partial charge on any atom is 0.304 e. The highest BCUT2D eigenvalue weighted by Gasteiger charge is 2.36. The number of benzene rings is 1. The summed E-state index contributed by atoms with van der Waals surface area (Å²) in [6, 6.07) is 6.46. The van der Waals surface area contributed by atoms with Gasteiger partial charge in [0.15, 0.2) is 5.78 Å². The number of aliphatic carboxylic acids is 1. The molecule has 4 nitrogen and oxygen atoms in total. The second kappa shape index (κ2) is 5.54. The summed E-state index contributed by atoms with van der Waals surface area (Å²) in [4.78, 5) is 23.1. The fraction of sp³-hybridized carbons (Fsp3) is 0.154. The molecule has 0 spiro atoms. The lowest BCUT2D eigenvalue weighted by Crippen LogP contribution is -2.17. The van der Waals surface area contributed by atoms with Gasteiger partial charge in [0.1, 0.15) is 5.75 Å². The lowest BCUT2D eigenvalue weighted by Gasteiger charge is -2.01. The molecule has 1 heterocycles. The van der Waals surface area contributed by atoms with Crippen LogP contribution in [0.2, 0.25) is 0 Å². The van der Waals surface area contributed by atoms with Crippen LogP contribution in [0.3, 0.4) is 0 Å². The number of hydrogen-bond donors (Lipinski definition) is 2. The first-order chi connectivity index (χ1) is 8.97. The Balaban J connectivity index is 2.25. The van der Waals surface area contributed by atoms with Crippen LogP contribution < -0.4 is 0 Å². The molecule has 0 aliphatic carbocycles. The van der Waals surface area contributed by atoms with Crippen molar-refractivity contribution in [2.75, 3.05) is 0 Å². The minimum atomic E-state index is -1.04. The molecule has 1 saturated heterocycles. The zero-order valence-corrected chi connectivity index (χ0v) is 11.3. The number of aromatic hydroxyl groups is 1. The van der Waals surface area contributed by atoms with E-state index in [9.17, 15) is 14.7 Å². The average molecular weight is 294 g/mol. The Bertz CT molecular complexity index is 592. The van der Waals surface area contributed by atoms with E-state index in [1.165, 1.54) is 12.1 Å². The maximum absolute atomic E-state index is 12.0. The van der Waals surface area contributed by atoms with Crippen LogP contribution in [-0.2, 0) is 9.59 Å². The standard InChI is InChI=1S/C13H10O4S2/c14-8-3-1-2-7(4-8)5-10-12(17)9(6-11(15)16)13(18)19-10/h1-5,9,14H,6H2,(H,15,16). The summed E-state index contributed by atoms with van der Waals surface area (Å²) in [7, 11) is 0. The lowest BCUT2D eigenvalue weighted by atomic mass is 10.0. The molecular weight excluding hydrogens is 284 g/mol. The highest BCUT2D eigenvalue weighted by molar-refractivity contribution is 8.27. The highest BCUT2D eigenvalue weighted by Crippen LogP contribution is 2.37. The molecule has 19 heavy (non-hydrogen) atoms. The highest BCUT2D eigenvalue weighted by atomic mass is 32.2. The first-order valence-corrected chi connectivity index (χ1v) is 6.68. The molecule has 0 amide bonds. The minimum absolute atomic E-state index is 0.106. The van der Waals surface area contributed by atoms with E-state index < -0.39 is 11.9 Å². The van der Waals surface area contributed by atoms with Gasteiger partial charge in [-0.1, -0.05) is 36.1 Å². The van der Waals surface area contributed by atoms with E-state index in [4.69, 9.17) is 17.3 Å². The molecule has 98 valence electrons. The van der Waals surface area contributed by atoms with Crippen molar-refractivity contribution in [1.29, 1.82) is 0 Å². The summed E-state index contributed by atoms with van der Waals surface area (Å²) in [6.45, 7) is 0. The van der Waals surface area contributed by atoms with Crippen molar-refractivity contribution in [3.63, 3.8) is 0 Å². The SMILES string of the molecule is O=C(O)CC1C(=O)C(=Cc2cccc(O)c2)SC1=S. The predicted molar refractivity (Wildman–Crippen MR) is 77.0 cm³/mol. The van der Waals surface area contributed by atoms with Gasteiger partial charge in [0.25, 0.3) is 0 Å². The number of thiocarbonyl (C=S) groups is 1. The van der Waals surface area contributed by atoms with Crippen LogP contribution in [0.1, 0.15) is 12.0 Å². The quantitative estimate of drug-likeness (QED) is 0.659. The number of phenols is 1. The third-order valence-corrected chi connectivity index (χ3v) is 4.16. The van der Waals surface area contributed by atoms with Crippen LogP contribution in [0.4, 0.5) is 0 Å². The molecule has 0 aromatic heterocycles.